The number of carbonyl (C=O) groups is 2. The molecular weight excluding hydrogens is 446 g/mol. The largest absolute Gasteiger partial charge is 0.362 e. The maximum absolute atomic E-state index is 13.6. The third-order valence-electron chi connectivity index (χ3n) is 6.45. The van der Waals surface area contributed by atoms with Gasteiger partial charge in [-0.2, -0.15) is 0 Å². The minimum absolute atomic E-state index is 0.0539. The van der Waals surface area contributed by atoms with Crippen molar-refractivity contribution >= 4 is 29.1 Å². The Balaban J connectivity index is 1.56. The number of halogens is 1. The number of rotatable bonds is 4. The smallest absolute Gasteiger partial charge is 0.255 e. The monoisotopic (exact) mass is 469 g/mol. The lowest BCUT2D eigenvalue weighted by Crippen LogP contribution is -2.37. The molecule has 0 radical (unpaired) electrons. The highest BCUT2D eigenvalue weighted by Crippen LogP contribution is 2.45. The lowest BCUT2D eigenvalue weighted by Gasteiger charge is -2.37. The van der Waals surface area contributed by atoms with Crippen LogP contribution in [0.4, 0.5) is 5.82 Å². The molecule has 5 nitrogen and oxygen atoms in total. The predicted octanol–water partition coefficient (Wildman–Crippen LogP) is 5.74. The van der Waals surface area contributed by atoms with Crippen LogP contribution in [-0.4, -0.2) is 16.7 Å². The number of carbonyl (C=O) groups excluding carboxylic acids is 2. The van der Waals surface area contributed by atoms with E-state index in [2.05, 4.69) is 27.8 Å². The second kappa shape index (κ2) is 9.27. The predicted molar refractivity (Wildman–Crippen MR) is 133 cm³/mol. The Labute approximate surface area is 203 Å². The summed E-state index contributed by atoms with van der Waals surface area (Å²) in [6.45, 7) is 1.89. The van der Waals surface area contributed by atoms with E-state index in [0.717, 1.165) is 22.5 Å². The maximum atomic E-state index is 13.6. The van der Waals surface area contributed by atoms with Gasteiger partial charge in [0.15, 0.2) is 5.78 Å². The van der Waals surface area contributed by atoms with Crippen LogP contribution in [0.5, 0.6) is 0 Å². The van der Waals surface area contributed by atoms with E-state index in [0.29, 0.717) is 34.8 Å². The van der Waals surface area contributed by atoms with Crippen LogP contribution in [0, 0.1) is 0 Å². The van der Waals surface area contributed by atoms with Crippen molar-refractivity contribution < 1.29 is 9.59 Å². The molecule has 0 bridgehead atoms. The molecule has 2 heterocycles. The number of aromatic nitrogens is 1. The Hall–Kier alpha value is -3.70. The molecule has 1 aliphatic heterocycles. The highest BCUT2D eigenvalue weighted by atomic mass is 35.5. The number of pyridine rings is 1. The van der Waals surface area contributed by atoms with Crippen molar-refractivity contribution in [2.75, 3.05) is 5.32 Å². The molecule has 34 heavy (non-hydrogen) atoms. The van der Waals surface area contributed by atoms with Gasteiger partial charge in [0, 0.05) is 46.1 Å². The lowest BCUT2D eigenvalue weighted by molar-refractivity contribution is -0.116. The van der Waals surface area contributed by atoms with Gasteiger partial charge in [0.2, 0.25) is 0 Å². The van der Waals surface area contributed by atoms with Crippen molar-refractivity contribution in [3.8, 4) is 0 Å². The first-order valence-corrected chi connectivity index (χ1v) is 11.7. The van der Waals surface area contributed by atoms with Crippen LogP contribution in [0.15, 0.2) is 102 Å². The van der Waals surface area contributed by atoms with Crippen molar-refractivity contribution in [1.82, 2.24) is 10.3 Å². The third kappa shape index (κ3) is 4.27. The molecule has 5 rings (SSSR count). The van der Waals surface area contributed by atoms with Crippen molar-refractivity contribution in [3.63, 3.8) is 0 Å². The van der Waals surface area contributed by atoms with E-state index >= 15 is 0 Å². The van der Waals surface area contributed by atoms with Gasteiger partial charge in [0.05, 0.1) is 0 Å². The third-order valence-corrected chi connectivity index (χ3v) is 6.71. The second-order valence-electron chi connectivity index (χ2n) is 8.65. The molecule has 2 N–H and O–H groups in total. The fourth-order valence-corrected chi connectivity index (χ4v) is 5.04. The van der Waals surface area contributed by atoms with Gasteiger partial charge in [-0.1, -0.05) is 60.1 Å². The molecule has 1 amide bonds. The Morgan fingerprint density at radius 3 is 2.41 bits per heavy atom. The van der Waals surface area contributed by atoms with Gasteiger partial charge >= 0.3 is 0 Å². The quantitative estimate of drug-likeness (QED) is 0.511. The molecule has 0 spiro atoms. The summed E-state index contributed by atoms with van der Waals surface area (Å²) >= 11 is 6.15. The Kier molecular flexibility index (Phi) is 6.03. The van der Waals surface area contributed by atoms with Gasteiger partial charge in [0.1, 0.15) is 5.82 Å². The second-order valence-corrected chi connectivity index (χ2v) is 9.09. The minimum Gasteiger partial charge on any atom is -0.362 e. The highest BCUT2D eigenvalue weighted by molar-refractivity contribution is 6.30. The molecule has 6 heteroatoms. The average molecular weight is 470 g/mol. The van der Waals surface area contributed by atoms with Crippen LogP contribution < -0.4 is 10.6 Å². The number of hydrogen-bond acceptors (Lipinski definition) is 4. The first-order chi connectivity index (χ1) is 16.5. The number of Topliss-reactive ketones (excluding diaryl/α,β-unsaturated/α-hetero) is 1. The standard InChI is InChI=1S/C28H24ClN3O2/c1-17-25(28(34)32-24-9-5-6-14-30-24)26(19-10-12-21(29)13-11-19)27-22(31-17)15-20(16-23(27)33)18-7-3-2-4-8-18/h2-14,20,26,31H,15-16H2,1H3,(H,30,32,34). The molecule has 1 aliphatic carbocycles. The molecule has 3 aromatic rings. The van der Waals surface area contributed by atoms with Crippen LogP contribution in [0.2, 0.25) is 5.02 Å². The number of nitrogens with zero attached hydrogens (tertiary/aromatic N) is 1. The SMILES string of the molecule is CC1=C(C(=O)Nc2ccccn2)C(c2ccc(Cl)cc2)C2=C(CC(c3ccccc3)CC2=O)N1. The van der Waals surface area contributed by atoms with Crippen LogP contribution in [0.25, 0.3) is 0 Å². The summed E-state index contributed by atoms with van der Waals surface area (Å²) in [5, 5.41) is 6.90. The normalized spacial score (nSPS) is 20.0. The molecule has 2 unspecified atom stereocenters. The summed E-state index contributed by atoms with van der Waals surface area (Å²) in [4.78, 5) is 31.3. The zero-order chi connectivity index (χ0) is 23.7. The summed E-state index contributed by atoms with van der Waals surface area (Å²) in [6.07, 6.45) is 2.74. The van der Waals surface area contributed by atoms with Gasteiger partial charge in [-0.05, 0) is 54.7 Å². The number of amides is 1. The van der Waals surface area contributed by atoms with E-state index in [-0.39, 0.29) is 17.6 Å². The molecular formula is C28H24ClN3O2. The number of anilines is 1. The van der Waals surface area contributed by atoms with Crippen molar-refractivity contribution in [2.45, 2.75) is 31.6 Å². The van der Waals surface area contributed by atoms with Crippen molar-refractivity contribution in [2.24, 2.45) is 0 Å². The van der Waals surface area contributed by atoms with Gasteiger partial charge in [-0.25, -0.2) is 4.98 Å². The first-order valence-electron chi connectivity index (χ1n) is 11.3. The van der Waals surface area contributed by atoms with Crippen LogP contribution in [0.1, 0.15) is 42.7 Å². The zero-order valence-corrected chi connectivity index (χ0v) is 19.5. The molecule has 0 fully saturated rings. The number of benzene rings is 2. The summed E-state index contributed by atoms with van der Waals surface area (Å²) in [5.41, 5.74) is 4.79. The van der Waals surface area contributed by atoms with E-state index in [1.54, 1.807) is 30.5 Å². The first kappa shape index (κ1) is 22.1. The fourth-order valence-electron chi connectivity index (χ4n) is 4.91. The van der Waals surface area contributed by atoms with E-state index in [1.165, 1.54) is 0 Å². The molecule has 0 saturated heterocycles. The van der Waals surface area contributed by atoms with Gasteiger partial charge in [0.25, 0.3) is 5.91 Å². The minimum atomic E-state index is -0.485. The number of hydrogen-bond donors (Lipinski definition) is 2. The van der Waals surface area contributed by atoms with E-state index in [4.69, 9.17) is 11.6 Å². The van der Waals surface area contributed by atoms with E-state index < -0.39 is 5.92 Å². The van der Waals surface area contributed by atoms with E-state index in [1.807, 2.05) is 43.3 Å². The lowest BCUT2D eigenvalue weighted by atomic mass is 9.71. The summed E-state index contributed by atoms with van der Waals surface area (Å²) < 4.78 is 0. The fraction of sp³-hybridized carbons (Fsp3) is 0.179. The van der Waals surface area contributed by atoms with Crippen LogP contribution in [-0.2, 0) is 9.59 Å². The van der Waals surface area contributed by atoms with Gasteiger partial charge in [-0.3, -0.25) is 9.59 Å². The summed E-state index contributed by atoms with van der Waals surface area (Å²) in [5.74, 6) is -0.156. The molecule has 2 atom stereocenters. The Morgan fingerprint density at radius 2 is 1.71 bits per heavy atom. The van der Waals surface area contributed by atoms with Crippen molar-refractivity contribution in [3.05, 3.63) is 118 Å². The summed E-state index contributed by atoms with van der Waals surface area (Å²) in [7, 11) is 0. The molecule has 1 aromatic heterocycles. The maximum Gasteiger partial charge on any atom is 0.255 e. The van der Waals surface area contributed by atoms with Crippen LogP contribution >= 0.6 is 11.6 Å². The Bertz CT molecular complexity index is 1300. The topological polar surface area (TPSA) is 71.1 Å². The molecule has 0 saturated carbocycles. The zero-order valence-electron chi connectivity index (χ0n) is 18.7. The summed E-state index contributed by atoms with van der Waals surface area (Å²) in [6, 6.07) is 22.8. The highest BCUT2D eigenvalue weighted by Gasteiger charge is 2.40. The molecule has 170 valence electrons. The number of nitrogens with one attached hydrogen (secondary N) is 2. The number of allylic oxidation sites excluding steroid dienone is 3. The van der Waals surface area contributed by atoms with E-state index in [9.17, 15) is 9.59 Å². The van der Waals surface area contributed by atoms with Gasteiger partial charge in [-0.15, -0.1) is 0 Å². The number of ketones is 1. The van der Waals surface area contributed by atoms with Crippen LogP contribution in [0.3, 0.4) is 0 Å². The van der Waals surface area contributed by atoms with Crippen molar-refractivity contribution in [1.29, 1.82) is 0 Å². The van der Waals surface area contributed by atoms with Gasteiger partial charge < -0.3 is 10.6 Å². The average Bonchev–Trinajstić information content (AvgIpc) is 2.84. The molecule has 2 aromatic carbocycles. The molecule has 2 aliphatic rings. The Morgan fingerprint density at radius 1 is 0.971 bits per heavy atom. The number of dihydropyridines is 1.